The van der Waals surface area contributed by atoms with Crippen molar-refractivity contribution in [2.75, 3.05) is 54.6 Å². The number of sulfonamides is 1. The van der Waals surface area contributed by atoms with E-state index in [-0.39, 0.29) is 11.7 Å². The first-order valence-corrected chi connectivity index (χ1v) is 13.0. The molecule has 174 valence electrons. The first-order valence-electron chi connectivity index (χ1n) is 11.4. The number of para-hydroxylation sites is 1. The van der Waals surface area contributed by atoms with Crippen molar-refractivity contribution in [2.24, 2.45) is 0 Å². The van der Waals surface area contributed by atoms with Gasteiger partial charge in [0, 0.05) is 49.7 Å². The second-order valence-electron chi connectivity index (χ2n) is 8.13. The normalized spacial score (nSPS) is 14.8. The summed E-state index contributed by atoms with van der Waals surface area (Å²) in [5.74, 6) is -0.122. The maximum atomic E-state index is 12.4. The molecule has 1 heterocycles. The molecule has 0 aromatic heterocycles. The van der Waals surface area contributed by atoms with Crippen molar-refractivity contribution in [1.82, 2.24) is 10.2 Å². The van der Waals surface area contributed by atoms with E-state index < -0.39 is 10.0 Å². The highest BCUT2D eigenvalue weighted by Gasteiger charge is 2.16. The Morgan fingerprint density at radius 2 is 1.72 bits per heavy atom. The van der Waals surface area contributed by atoms with Crippen LogP contribution in [0.5, 0.6) is 0 Å². The molecule has 2 N–H and O–H groups in total. The smallest absolute Gasteiger partial charge is 0.251 e. The zero-order valence-electron chi connectivity index (χ0n) is 18.8. The Kier molecular flexibility index (Phi) is 8.93. The number of nitrogens with zero attached hydrogens (tertiary/aromatic N) is 2. The molecule has 1 saturated heterocycles. The quantitative estimate of drug-likeness (QED) is 0.506. The van der Waals surface area contributed by atoms with Crippen molar-refractivity contribution < 1.29 is 13.2 Å². The van der Waals surface area contributed by atoms with Crippen LogP contribution in [0.1, 0.15) is 36.5 Å². The molecule has 32 heavy (non-hydrogen) atoms. The molecule has 1 aliphatic heterocycles. The Labute approximate surface area is 191 Å². The number of benzene rings is 2. The van der Waals surface area contributed by atoms with Gasteiger partial charge in [-0.3, -0.25) is 14.4 Å². The number of carbonyl (C=O) groups excluding carboxylic acids is 1. The predicted molar refractivity (Wildman–Crippen MR) is 131 cm³/mol. The molecular weight excluding hydrogens is 424 g/mol. The van der Waals surface area contributed by atoms with Crippen LogP contribution in [0.25, 0.3) is 0 Å². The summed E-state index contributed by atoms with van der Waals surface area (Å²) in [5, 5.41) is 2.94. The lowest BCUT2D eigenvalue weighted by molar-refractivity contribution is 0.0952. The van der Waals surface area contributed by atoms with Gasteiger partial charge in [0.15, 0.2) is 0 Å². The van der Waals surface area contributed by atoms with E-state index in [1.165, 1.54) is 5.69 Å². The molecule has 3 rings (SSSR count). The molecule has 0 radical (unpaired) electrons. The Morgan fingerprint density at radius 3 is 2.44 bits per heavy atom. The fraction of sp³-hybridized carbons (Fsp3) is 0.458. The van der Waals surface area contributed by atoms with Gasteiger partial charge in [-0.15, -0.1) is 0 Å². The fourth-order valence-corrected chi connectivity index (χ4v) is 4.98. The van der Waals surface area contributed by atoms with Crippen molar-refractivity contribution in [3.05, 3.63) is 60.2 Å². The summed E-state index contributed by atoms with van der Waals surface area (Å²) in [7, 11) is -3.37. The zero-order chi connectivity index (χ0) is 22.8. The number of anilines is 2. The van der Waals surface area contributed by atoms with Gasteiger partial charge < -0.3 is 10.2 Å². The van der Waals surface area contributed by atoms with Crippen LogP contribution >= 0.6 is 0 Å². The van der Waals surface area contributed by atoms with Crippen molar-refractivity contribution >= 4 is 27.3 Å². The minimum absolute atomic E-state index is 0.0602. The van der Waals surface area contributed by atoms with Gasteiger partial charge in [-0.05, 0) is 56.1 Å². The number of amides is 1. The third-order valence-electron chi connectivity index (χ3n) is 5.55. The molecule has 1 fully saturated rings. The van der Waals surface area contributed by atoms with Gasteiger partial charge in [-0.2, -0.15) is 0 Å². The molecule has 1 amide bonds. The summed E-state index contributed by atoms with van der Waals surface area (Å²) in [6.45, 7) is 7.65. The SMILES string of the molecule is CCCS(=O)(=O)Nc1cccc(C(=O)NCCCCN2CCN(c3ccccc3)CC2)c1. The van der Waals surface area contributed by atoms with E-state index >= 15 is 0 Å². The molecular formula is C24H34N4O3S. The topological polar surface area (TPSA) is 81.7 Å². The molecule has 0 atom stereocenters. The number of rotatable bonds is 11. The Balaban J connectivity index is 1.34. The summed E-state index contributed by atoms with van der Waals surface area (Å²) in [4.78, 5) is 17.3. The Bertz CT molecular complexity index is 958. The molecule has 2 aromatic carbocycles. The van der Waals surface area contributed by atoms with Crippen LogP contribution in [0.3, 0.4) is 0 Å². The van der Waals surface area contributed by atoms with Crippen molar-refractivity contribution in [3.63, 3.8) is 0 Å². The molecule has 0 aliphatic carbocycles. The molecule has 8 heteroatoms. The van der Waals surface area contributed by atoms with E-state index in [9.17, 15) is 13.2 Å². The molecule has 1 aliphatic rings. The second-order valence-corrected chi connectivity index (χ2v) is 9.97. The largest absolute Gasteiger partial charge is 0.369 e. The van der Waals surface area contributed by atoms with Crippen molar-refractivity contribution in [3.8, 4) is 0 Å². The van der Waals surface area contributed by atoms with Gasteiger partial charge in [0.1, 0.15) is 0 Å². The monoisotopic (exact) mass is 458 g/mol. The van der Waals surface area contributed by atoms with Crippen molar-refractivity contribution in [2.45, 2.75) is 26.2 Å². The van der Waals surface area contributed by atoms with Crippen LogP contribution in [0, 0.1) is 0 Å². The number of carbonyl (C=O) groups is 1. The summed E-state index contributed by atoms with van der Waals surface area (Å²) in [6.07, 6.45) is 2.48. The highest BCUT2D eigenvalue weighted by molar-refractivity contribution is 7.92. The van der Waals surface area contributed by atoms with Crippen LogP contribution in [0.4, 0.5) is 11.4 Å². The maximum Gasteiger partial charge on any atom is 0.251 e. The molecule has 2 aromatic rings. The summed E-state index contributed by atoms with van der Waals surface area (Å²) in [6, 6.07) is 17.1. The average Bonchev–Trinajstić information content (AvgIpc) is 2.79. The highest BCUT2D eigenvalue weighted by Crippen LogP contribution is 2.16. The van der Waals surface area contributed by atoms with Crippen LogP contribution in [-0.4, -0.2) is 64.2 Å². The van der Waals surface area contributed by atoms with Crippen LogP contribution < -0.4 is 14.9 Å². The standard InChI is InChI=1S/C24H34N4O3S/c1-2-19-32(30,31)26-22-10-8-9-21(20-22)24(29)25-13-6-7-14-27-15-17-28(18-16-27)23-11-4-3-5-12-23/h3-5,8-12,20,26H,2,6-7,13-19H2,1H3,(H,25,29). The number of hydrogen-bond acceptors (Lipinski definition) is 5. The zero-order valence-corrected chi connectivity index (χ0v) is 19.6. The lowest BCUT2D eigenvalue weighted by Crippen LogP contribution is -2.46. The summed E-state index contributed by atoms with van der Waals surface area (Å²) < 4.78 is 26.4. The first-order chi connectivity index (χ1) is 15.5. The van der Waals surface area contributed by atoms with E-state index in [1.807, 2.05) is 13.0 Å². The van der Waals surface area contributed by atoms with Gasteiger partial charge in [0.25, 0.3) is 5.91 Å². The molecule has 0 saturated carbocycles. The van der Waals surface area contributed by atoms with Gasteiger partial charge in [-0.25, -0.2) is 8.42 Å². The summed E-state index contributed by atoms with van der Waals surface area (Å²) in [5.41, 5.74) is 2.16. The van der Waals surface area contributed by atoms with E-state index in [2.05, 4.69) is 44.1 Å². The number of hydrogen-bond donors (Lipinski definition) is 2. The maximum absolute atomic E-state index is 12.4. The minimum Gasteiger partial charge on any atom is -0.369 e. The third-order valence-corrected chi connectivity index (χ3v) is 7.04. The van der Waals surface area contributed by atoms with E-state index in [4.69, 9.17) is 0 Å². The lowest BCUT2D eigenvalue weighted by atomic mass is 10.2. The van der Waals surface area contributed by atoms with Gasteiger partial charge in [0.05, 0.1) is 5.75 Å². The fourth-order valence-electron chi connectivity index (χ4n) is 3.86. The van der Waals surface area contributed by atoms with Gasteiger partial charge in [-0.1, -0.05) is 31.2 Å². The van der Waals surface area contributed by atoms with E-state index in [1.54, 1.807) is 24.3 Å². The molecule has 7 nitrogen and oxygen atoms in total. The lowest BCUT2D eigenvalue weighted by Gasteiger charge is -2.36. The van der Waals surface area contributed by atoms with E-state index in [0.29, 0.717) is 24.2 Å². The van der Waals surface area contributed by atoms with E-state index in [0.717, 1.165) is 45.6 Å². The Hall–Kier alpha value is -2.58. The van der Waals surface area contributed by atoms with Gasteiger partial charge >= 0.3 is 0 Å². The van der Waals surface area contributed by atoms with Crippen molar-refractivity contribution in [1.29, 1.82) is 0 Å². The Morgan fingerprint density at radius 1 is 0.969 bits per heavy atom. The average molecular weight is 459 g/mol. The molecule has 0 bridgehead atoms. The number of nitrogens with one attached hydrogen (secondary N) is 2. The second kappa shape index (κ2) is 11.9. The van der Waals surface area contributed by atoms with Crippen LogP contribution in [0.2, 0.25) is 0 Å². The third kappa shape index (κ3) is 7.53. The predicted octanol–water partition coefficient (Wildman–Crippen LogP) is 3.17. The number of unbranched alkanes of at least 4 members (excludes halogenated alkanes) is 1. The van der Waals surface area contributed by atoms with Crippen LogP contribution in [0.15, 0.2) is 54.6 Å². The highest BCUT2D eigenvalue weighted by atomic mass is 32.2. The molecule has 0 spiro atoms. The molecule has 0 unspecified atom stereocenters. The van der Waals surface area contributed by atoms with Gasteiger partial charge in [0.2, 0.25) is 10.0 Å². The minimum atomic E-state index is -3.37. The first kappa shape index (κ1) is 24.1. The van der Waals surface area contributed by atoms with Crippen LogP contribution in [-0.2, 0) is 10.0 Å². The summed E-state index contributed by atoms with van der Waals surface area (Å²) >= 11 is 0. The number of piperazine rings is 1.